The number of nitrogens with zero attached hydrogens (tertiary/aromatic N) is 3. The maximum atomic E-state index is 13.0. The number of benzene rings is 2. The maximum absolute atomic E-state index is 13.0. The molecule has 1 amide bonds. The van der Waals surface area contributed by atoms with E-state index in [1.165, 1.54) is 0 Å². The lowest BCUT2D eigenvalue weighted by atomic mass is 10.1. The molecule has 154 valence electrons. The van der Waals surface area contributed by atoms with Gasteiger partial charge in [0.05, 0.1) is 7.11 Å². The number of rotatable bonds is 6. The topological polar surface area (TPSA) is 54.9 Å². The van der Waals surface area contributed by atoms with Gasteiger partial charge in [-0.3, -0.25) is 4.79 Å². The second kappa shape index (κ2) is 9.31. The maximum Gasteiger partial charge on any atom is 0.254 e. The van der Waals surface area contributed by atoms with Crippen molar-refractivity contribution in [2.75, 3.05) is 38.2 Å². The molecular weight excluding hydrogens is 378 g/mol. The van der Waals surface area contributed by atoms with E-state index in [2.05, 4.69) is 9.88 Å². The number of anilines is 1. The summed E-state index contributed by atoms with van der Waals surface area (Å²) in [6, 6.07) is 21.2. The van der Waals surface area contributed by atoms with Crippen molar-refractivity contribution >= 4 is 11.7 Å². The van der Waals surface area contributed by atoms with E-state index in [1.54, 1.807) is 31.5 Å². The zero-order valence-electron chi connectivity index (χ0n) is 17.0. The number of hydrogen-bond acceptors (Lipinski definition) is 5. The molecule has 2 heterocycles. The first-order chi connectivity index (χ1) is 14.7. The number of ether oxygens (including phenoxy) is 2. The highest BCUT2D eigenvalue weighted by molar-refractivity contribution is 5.95. The first kappa shape index (κ1) is 19.8. The fourth-order valence-corrected chi connectivity index (χ4v) is 3.52. The van der Waals surface area contributed by atoms with Crippen LogP contribution in [-0.2, 0) is 6.61 Å². The van der Waals surface area contributed by atoms with Gasteiger partial charge in [-0.25, -0.2) is 4.98 Å². The monoisotopic (exact) mass is 403 g/mol. The number of pyridine rings is 1. The van der Waals surface area contributed by atoms with E-state index >= 15 is 0 Å². The molecule has 1 saturated heterocycles. The van der Waals surface area contributed by atoms with Gasteiger partial charge in [0.15, 0.2) is 11.5 Å². The molecule has 2 aromatic carbocycles. The van der Waals surface area contributed by atoms with Crippen LogP contribution in [0.5, 0.6) is 11.5 Å². The van der Waals surface area contributed by atoms with E-state index in [0.717, 1.165) is 24.5 Å². The van der Waals surface area contributed by atoms with Gasteiger partial charge >= 0.3 is 0 Å². The van der Waals surface area contributed by atoms with Crippen molar-refractivity contribution in [1.82, 2.24) is 9.88 Å². The number of aromatic nitrogens is 1. The minimum absolute atomic E-state index is 0.00332. The van der Waals surface area contributed by atoms with Crippen LogP contribution in [-0.4, -0.2) is 49.1 Å². The molecule has 3 aromatic rings. The lowest BCUT2D eigenvalue weighted by Gasteiger charge is -2.35. The summed E-state index contributed by atoms with van der Waals surface area (Å²) in [5.41, 5.74) is 1.68. The molecule has 0 atom stereocenters. The molecule has 0 unspecified atom stereocenters. The van der Waals surface area contributed by atoms with Crippen LogP contribution < -0.4 is 14.4 Å². The van der Waals surface area contributed by atoms with Crippen LogP contribution in [0.15, 0.2) is 72.9 Å². The average molecular weight is 403 g/mol. The van der Waals surface area contributed by atoms with E-state index in [4.69, 9.17) is 9.47 Å². The predicted octanol–water partition coefficient (Wildman–Crippen LogP) is 3.63. The number of amides is 1. The molecule has 1 aliphatic rings. The molecule has 0 bridgehead atoms. The fraction of sp³-hybridized carbons (Fsp3) is 0.250. The van der Waals surface area contributed by atoms with Crippen molar-refractivity contribution in [2.24, 2.45) is 0 Å². The summed E-state index contributed by atoms with van der Waals surface area (Å²) in [4.78, 5) is 21.5. The van der Waals surface area contributed by atoms with E-state index in [1.807, 2.05) is 53.4 Å². The summed E-state index contributed by atoms with van der Waals surface area (Å²) in [5, 5.41) is 0. The van der Waals surface area contributed by atoms with Crippen LogP contribution in [0.4, 0.5) is 5.82 Å². The largest absolute Gasteiger partial charge is 0.493 e. The summed E-state index contributed by atoms with van der Waals surface area (Å²) >= 11 is 0. The van der Waals surface area contributed by atoms with E-state index < -0.39 is 0 Å². The van der Waals surface area contributed by atoms with Gasteiger partial charge in [-0.2, -0.15) is 0 Å². The molecule has 30 heavy (non-hydrogen) atoms. The van der Waals surface area contributed by atoms with Crippen LogP contribution in [0.25, 0.3) is 0 Å². The van der Waals surface area contributed by atoms with Gasteiger partial charge < -0.3 is 19.3 Å². The quantitative estimate of drug-likeness (QED) is 0.629. The molecule has 6 heteroatoms. The molecule has 1 aromatic heterocycles. The minimum atomic E-state index is 0.00332. The Balaban J connectivity index is 1.39. The lowest BCUT2D eigenvalue weighted by molar-refractivity contribution is 0.0746. The Labute approximate surface area is 176 Å². The summed E-state index contributed by atoms with van der Waals surface area (Å²) in [6.45, 7) is 3.28. The van der Waals surface area contributed by atoms with Crippen molar-refractivity contribution < 1.29 is 14.3 Å². The summed E-state index contributed by atoms with van der Waals surface area (Å²) in [6.07, 6.45) is 1.79. The van der Waals surface area contributed by atoms with E-state index in [0.29, 0.717) is 36.8 Å². The third kappa shape index (κ3) is 4.54. The number of piperazine rings is 1. The van der Waals surface area contributed by atoms with Gasteiger partial charge in [0, 0.05) is 37.9 Å². The molecule has 6 nitrogen and oxygen atoms in total. The zero-order chi connectivity index (χ0) is 20.8. The summed E-state index contributed by atoms with van der Waals surface area (Å²) in [7, 11) is 1.59. The standard InChI is InChI=1S/C24H25N3O3/c1-29-22-17-20(10-11-21(22)30-18-19-7-3-2-4-8-19)24(28)27-15-13-26(14-16-27)23-9-5-6-12-25-23/h2-12,17H,13-16,18H2,1H3. The van der Waals surface area contributed by atoms with Crippen molar-refractivity contribution in [3.63, 3.8) is 0 Å². The third-order valence-corrected chi connectivity index (χ3v) is 5.19. The first-order valence-electron chi connectivity index (χ1n) is 10.0. The van der Waals surface area contributed by atoms with Crippen molar-refractivity contribution in [3.05, 3.63) is 84.1 Å². The van der Waals surface area contributed by atoms with Gasteiger partial charge in [0.25, 0.3) is 5.91 Å². The molecule has 1 fully saturated rings. The van der Waals surface area contributed by atoms with Crippen LogP contribution >= 0.6 is 0 Å². The fourth-order valence-electron chi connectivity index (χ4n) is 3.52. The molecule has 4 rings (SSSR count). The Kier molecular flexibility index (Phi) is 6.13. The highest BCUT2D eigenvalue weighted by Gasteiger charge is 2.23. The van der Waals surface area contributed by atoms with Crippen LogP contribution in [0.2, 0.25) is 0 Å². The Morgan fingerprint density at radius 3 is 2.40 bits per heavy atom. The molecule has 0 saturated carbocycles. The summed E-state index contributed by atoms with van der Waals surface area (Å²) in [5.74, 6) is 2.14. The molecule has 1 aliphatic heterocycles. The van der Waals surface area contributed by atoms with Gasteiger partial charge in [0.1, 0.15) is 12.4 Å². The average Bonchev–Trinajstić information content (AvgIpc) is 2.83. The molecule has 0 N–H and O–H groups in total. The molecule has 0 spiro atoms. The number of carbonyl (C=O) groups excluding carboxylic acids is 1. The van der Waals surface area contributed by atoms with Gasteiger partial charge in [-0.05, 0) is 35.9 Å². The van der Waals surface area contributed by atoms with Crippen molar-refractivity contribution in [2.45, 2.75) is 6.61 Å². The van der Waals surface area contributed by atoms with Gasteiger partial charge in [0.2, 0.25) is 0 Å². The third-order valence-electron chi connectivity index (χ3n) is 5.19. The molecule has 0 aliphatic carbocycles. The highest BCUT2D eigenvalue weighted by Crippen LogP contribution is 2.29. The minimum Gasteiger partial charge on any atom is -0.493 e. The predicted molar refractivity (Wildman–Crippen MR) is 116 cm³/mol. The van der Waals surface area contributed by atoms with E-state index in [9.17, 15) is 4.79 Å². The van der Waals surface area contributed by atoms with Gasteiger partial charge in [-0.15, -0.1) is 0 Å². The van der Waals surface area contributed by atoms with Crippen LogP contribution in [0.3, 0.4) is 0 Å². The Morgan fingerprint density at radius 1 is 0.933 bits per heavy atom. The van der Waals surface area contributed by atoms with Gasteiger partial charge in [-0.1, -0.05) is 36.4 Å². The van der Waals surface area contributed by atoms with Crippen molar-refractivity contribution in [1.29, 1.82) is 0 Å². The van der Waals surface area contributed by atoms with Crippen LogP contribution in [0, 0.1) is 0 Å². The Morgan fingerprint density at radius 2 is 1.70 bits per heavy atom. The Bertz CT molecular complexity index is 972. The molecule has 0 radical (unpaired) electrons. The lowest BCUT2D eigenvalue weighted by Crippen LogP contribution is -2.49. The Hall–Kier alpha value is -3.54. The second-order valence-corrected chi connectivity index (χ2v) is 7.11. The SMILES string of the molecule is COc1cc(C(=O)N2CCN(c3ccccn3)CC2)ccc1OCc1ccccc1. The van der Waals surface area contributed by atoms with Crippen molar-refractivity contribution in [3.8, 4) is 11.5 Å². The van der Waals surface area contributed by atoms with Crippen LogP contribution in [0.1, 0.15) is 15.9 Å². The second-order valence-electron chi connectivity index (χ2n) is 7.11. The normalized spacial score (nSPS) is 13.8. The highest BCUT2D eigenvalue weighted by atomic mass is 16.5. The first-order valence-corrected chi connectivity index (χ1v) is 10.0. The zero-order valence-corrected chi connectivity index (χ0v) is 17.0. The summed E-state index contributed by atoms with van der Waals surface area (Å²) < 4.78 is 11.4. The van der Waals surface area contributed by atoms with E-state index in [-0.39, 0.29) is 5.91 Å². The molecular formula is C24H25N3O3. The number of hydrogen-bond donors (Lipinski definition) is 0. The smallest absolute Gasteiger partial charge is 0.254 e. The number of carbonyl (C=O) groups is 1. The number of methoxy groups -OCH3 is 1.